The summed E-state index contributed by atoms with van der Waals surface area (Å²) in [6.07, 6.45) is 3.46. The van der Waals surface area contributed by atoms with E-state index in [2.05, 4.69) is 0 Å². The Balaban J connectivity index is 2.08. The first kappa shape index (κ1) is 15.3. The van der Waals surface area contributed by atoms with Gasteiger partial charge in [0.1, 0.15) is 5.75 Å². The third-order valence-electron chi connectivity index (χ3n) is 3.09. The number of ether oxygens (including phenoxy) is 1. The molecule has 21 heavy (non-hydrogen) atoms. The van der Waals surface area contributed by atoms with Gasteiger partial charge in [0.05, 0.1) is 17.8 Å². The van der Waals surface area contributed by atoms with Crippen molar-refractivity contribution in [2.24, 2.45) is 0 Å². The molecule has 0 aliphatic rings. The van der Waals surface area contributed by atoms with E-state index in [1.165, 1.54) is 0 Å². The molecule has 0 aliphatic heterocycles. The second-order valence-electron chi connectivity index (χ2n) is 4.77. The average molecular weight is 302 g/mol. The fourth-order valence-electron chi connectivity index (χ4n) is 1.93. The van der Waals surface area contributed by atoms with Gasteiger partial charge in [-0.3, -0.25) is 0 Å². The molecule has 0 unspecified atom stereocenters. The standard InChI is InChI=1S/C17H18O3S/c1-14-5-3-7-17(13-14)21(18,19)12-4-6-15-8-10-16(20-2)11-9-15/h3-11,13H,12H2,1-2H3/b6-4+. The van der Waals surface area contributed by atoms with Gasteiger partial charge in [-0.25, -0.2) is 8.42 Å². The molecule has 2 aromatic rings. The third kappa shape index (κ3) is 4.20. The summed E-state index contributed by atoms with van der Waals surface area (Å²) in [5.74, 6) is 0.766. The topological polar surface area (TPSA) is 43.4 Å². The van der Waals surface area contributed by atoms with Gasteiger partial charge in [0.25, 0.3) is 0 Å². The molecule has 4 heteroatoms. The Morgan fingerprint density at radius 1 is 1.10 bits per heavy atom. The molecule has 0 spiro atoms. The molecular weight excluding hydrogens is 284 g/mol. The van der Waals surface area contributed by atoms with Crippen molar-refractivity contribution in [2.45, 2.75) is 11.8 Å². The van der Waals surface area contributed by atoms with E-state index in [0.717, 1.165) is 16.9 Å². The monoisotopic (exact) mass is 302 g/mol. The number of methoxy groups -OCH3 is 1. The van der Waals surface area contributed by atoms with Crippen LogP contribution in [-0.4, -0.2) is 21.3 Å². The van der Waals surface area contributed by atoms with Gasteiger partial charge in [-0.1, -0.05) is 36.4 Å². The van der Waals surface area contributed by atoms with Crippen LogP contribution in [0.2, 0.25) is 0 Å². The zero-order valence-electron chi connectivity index (χ0n) is 12.1. The van der Waals surface area contributed by atoms with Crippen molar-refractivity contribution in [3.05, 3.63) is 65.7 Å². The predicted molar refractivity (Wildman–Crippen MR) is 85.3 cm³/mol. The maximum Gasteiger partial charge on any atom is 0.181 e. The minimum atomic E-state index is -3.28. The van der Waals surface area contributed by atoms with Gasteiger partial charge in [-0.05, 0) is 42.3 Å². The lowest BCUT2D eigenvalue weighted by molar-refractivity contribution is 0.415. The summed E-state index contributed by atoms with van der Waals surface area (Å²) in [5.41, 5.74) is 1.88. The summed E-state index contributed by atoms with van der Waals surface area (Å²) in [5, 5.41) is 0. The van der Waals surface area contributed by atoms with Crippen LogP contribution in [0.4, 0.5) is 0 Å². The molecule has 0 saturated heterocycles. The van der Waals surface area contributed by atoms with Gasteiger partial charge < -0.3 is 4.74 Å². The SMILES string of the molecule is COc1ccc(/C=C/CS(=O)(=O)c2cccc(C)c2)cc1. The van der Waals surface area contributed by atoms with Crippen molar-refractivity contribution in [2.75, 3.05) is 12.9 Å². The molecule has 0 radical (unpaired) electrons. The summed E-state index contributed by atoms with van der Waals surface area (Å²) in [6, 6.07) is 14.4. The van der Waals surface area contributed by atoms with Gasteiger partial charge in [0.15, 0.2) is 9.84 Å². The Hall–Kier alpha value is -2.07. The summed E-state index contributed by atoms with van der Waals surface area (Å²) in [7, 11) is -1.67. The zero-order valence-corrected chi connectivity index (χ0v) is 12.9. The van der Waals surface area contributed by atoms with Crippen LogP contribution in [0, 0.1) is 6.92 Å². The molecule has 0 fully saturated rings. The molecule has 0 aromatic heterocycles. The molecular formula is C17H18O3S. The molecule has 0 amide bonds. The van der Waals surface area contributed by atoms with E-state index in [-0.39, 0.29) is 5.75 Å². The lowest BCUT2D eigenvalue weighted by atomic mass is 10.2. The molecule has 0 aliphatic carbocycles. The average Bonchev–Trinajstić information content (AvgIpc) is 2.48. The van der Waals surface area contributed by atoms with Crippen LogP contribution in [0.25, 0.3) is 6.08 Å². The fraction of sp³-hybridized carbons (Fsp3) is 0.176. The summed E-state index contributed by atoms with van der Waals surface area (Å²) in [6.45, 7) is 1.88. The Morgan fingerprint density at radius 3 is 2.43 bits per heavy atom. The lowest BCUT2D eigenvalue weighted by Crippen LogP contribution is -2.04. The van der Waals surface area contributed by atoms with Crippen molar-refractivity contribution in [3.63, 3.8) is 0 Å². The van der Waals surface area contributed by atoms with Crippen LogP contribution < -0.4 is 4.74 Å². The second-order valence-corrected chi connectivity index (χ2v) is 6.81. The van der Waals surface area contributed by atoms with Gasteiger partial charge in [0, 0.05) is 0 Å². The molecule has 0 atom stereocenters. The highest BCUT2D eigenvalue weighted by Gasteiger charge is 2.11. The van der Waals surface area contributed by atoms with E-state index in [0.29, 0.717) is 4.90 Å². The first-order chi connectivity index (χ1) is 10.0. The minimum absolute atomic E-state index is 0.0114. The van der Waals surface area contributed by atoms with Crippen LogP contribution in [0.1, 0.15) is 11.1 Å². The van der Waals surface area contributed by atoms with Crippen LogP contribution in [0.15, 0.2) is 59.5 Å². The van der Waals surface area contributed by atoms with Crippen LogP contribution in [0.5, 0.6) is 5.75 Å². The lowest BCUT2D eigenvalue weighted by Gasteiger charge is -2.02. The van der Waals surface area contributed by atoms with E-state index >= 15 is 0 Å². The van der Waals surface area contributed by atoms with E-state index < -0.39 is 9.84 Å². The molecule has 2 rings (SSSR count). The van der Waals surface area contributed by atoms with Crippen LogP contribution >= 0.6 is 0 Å². The Labute approximate surface area is 125 Å². The highest BCUT2D eigenvalue weighted by molar-refractivity contribution is 7.91. The number of hydrogen-bond donors (Lipinski definition) is 0. The molecule has 0 saturated carbocycles. The minimum Gasteiger partial charge on any atom is -0.497 e. The smallest absolute Gasteiger partial charge is 0.181 e. The number of aryl methyl sites for hydroxylation is 1. The molecule has 0 heterocycles. The molecule has 0 N–H and O–H groups in total. The number of sulfone groups is 1. The second kappa shape index (κ2) is 6.59. The number of hydrogen-bond acceptors (Lipinski definition) is 3. The third-order valence-corrected chi connectivity index (χ3v) is 4.69. The Kier molecular flexibility index (Phi) is 4.81. The van der Waals surface area contributed by atoms with Gasteiger partial charge in [-0.15, -0.1) is 0 Å². The fourth-order valence-corrected chi connectivity index (χ4v) is 3.12. The predicted octanol–water partition coefficient (Wildman–Crippen LogP) is 3.49. The zero-order chi connectivity index (χ0) is 15.3. The van der Waals surface area contributed by atoms with Crippen molar-refractivity contribution in [1.82, 2.24) is 0 Å². The quantitative estimate of drug-likeness (QED) is 0.849. The van der Waals surface area contributed by atoms with E-state index in [1.54, 1.807) is 37.5 Å². The Morgan fingerprint density at radius 2 is 1.81 bits per heavy atom. The van der Waals surface area contributed by atoms with E-state index in [1.807, 2.05) is 37.3 Å². The number of benzene rings is 2. The van der Waals surface area contributed by atoms with E-state index in [9.17, 15) is 8.42 Å². The number of rotatable bonds is 5. The maximum absolute atomic E-state index is 12.2. The molecule has 2 aromatic carbocycles. The summed E-state index contributed by atoms with van der Waals surface area (Å²) < 4.78 is 29.5. The van der Waals surface area contributed by atoms with Crippen LogP contribution in [-0.2, 0) is 9.84 Å². The molecule has 3 nitrogen and oxygen atoms in total. The maximum atomic E-state index is 12.2. The highest BCUT2D eigenvalue weighted by atomic mass is 32.2. The van der Waals surface area contributed by atoms with E-state index in [4.69, 9.17) is 4.74 Å². The summed E-state index contributed by atoms with van der Waals surface area (Å²) >= 11 is 0. The first-order valence-electron chi connectivity index (χ1n) is 6.61. The van der Waals surface area contributed by atoms with Gasteiger partial charge in [-0.2, -0.15) is 0 Å². The van der Waals surface area contributed by atoms with Gasteiger partial charge in [0.2, 0.25) is 0 Å². The highest BCUT2D eigenvalue weighted by Crippen LogP contribution is 2.15. The Bertz CT molecular complexity index is 729. The molecule has 110 valence electrons. The largest absolute Gasteiger partial charge is 0.497 e. The van der Waals surface area contributed by atoms with Crippen LogP contribution in [0.3, 0.4) is 0 Å². The normalized spacial score (nSPS) is 11.7. The van der Waals surface area contributed by atoms with Gasteiger partial charge >= 0.3 is 0 Å². The van der Waals surface area contributed by atoms with Crippen molar-refractivity contribution < 1.29 is 13.2 Å². The van der Waals surface area contributed by atoms with Crippen molar-refractivity contribution >= 4 is 15.9 Å². The molecule has 0 bridgehead atoms. The first-order valence-corrected chi connectivity index (χ1v) is 8.26. The van der Waals surface area contributed by atoms with Crippen molar-refractivity contribution in [1.29, 1.82) is 0 Å². The summed E-state index contributed by atoms with van der Waals surface area (Å²) in [4.78, 5) is 0.363. The van der Waals surface area contributed by atoms with Crippen molar-refractivity contribution in [3.8, 4) is 5.75 Å².